The van der Waals surface area contributed by atoms with E-state index in [1.54, 1.807) is 13.0 Å². The molecule has 0 unspecified atom stereocenters. The number of hydrogen-bond acceptors (Lipinski definition) is 2. The Hall–Kier alpha value is -2.16. The maximum Gasteiger partial charge on any atom is 0.573 e. The quantitative estimate of drug-likeness (QED) is 0.767. The fraction of sp³-hybridized carbons (Fsp3) is 0.182. The molecular weight excluding hydrogens is 233 g/mol. The minimum atomic E-state index is -4.71. The molecule has 2 aromatic rings. The van der Waals surface area contributed by atoms with Crippen molar-refractivity contribution in [2.45, 2.75) is 13.3 Å². The summed E-state index contributed by atoms with van der Waals surface area (Å²) in [5.41, 5.74) is 1.21. The summed E-state index contributed by atoms with van der Waals surface area (Å²) in [6.45, 7) is 1.70. The molecule has 0 aliphatic carbocycles. The Kier molecular flexibility index (Phi) is 2.46. The smallest absolute Gasteiger partial charge is 0.406 e. The number of nitrogens with zero attached hydrogens (tertiary/aromatic N) is 2. The highest BCUT2D eigenvalue weighted by molar-refractivity contribution is 5.83. The highest BCUT2D eigenvalue weighted by Gasteiger charge is 2.31. The van der Waals surface area contributed by atoms with E-state index < -0.39 is 6.36 Å². The second-order valence-electron chi connectivity index (χ2n) is 3.49. The SMILES string of the molecule is Cc1cc2cc(OC(F)(F)F)ccc2n1C#N. The highest BCUT2D eigenvalue weighted by Crippen LogP contribution is 2.27. The molecule has 0 spiro atoms. The van der Waals surface area contributed by atoms with Gasteiger partial charge in [-0.25, -0.2) is 0 Å². The summed E-state index contributed by atoms with van der Waals surface area (Å²) < 4.78 is 41.2. The molecule has 1 heterocycles. The molecule has 0 bridgehead atoms. The number of alkyl halides is 3. The van der Waals surface area contributed by atoms with Crippen molar-refractivity contribution in [1.29, 1.82) is 5.26 Å². The van der Waals surface area contributed by atoms with Crippen molar-refractivity contribution in [2.75, 3.05) is 0 Å². The molecule has 0 aliphatic heterocycles. The number of fused-ring (bicyclic) bond motifs is 1. The van der Waals surface area contributed by atoms with E-state index in [-0.39, 0.29) is 5.75 Å². The van der Waals surface area contributed by atoms with Gasteiger partial charge in [-0.05, 0) is 31.2 Å². The molecule has 0 saturated heterocycles. The predicted octanol–water partition coefficient (Wildman–Crippen LogP) is 3.18. The van der Waals surface area contributed by atoms with Gasteiger partial charge in [0.05, 0.1) is 5.52 Å². The number of rotatable bonds is 1. The van der Waals surface area contributed by atoms with Gasteiger partial charge in [0.1, 0.15) is 5.75 Å². The fourth-order valence-corrected chi connectivity index (χ4v) is 1.66. The van der Waals surface area contributed by atoms with E-state index in [4.69, 9.17) is 5.26 Å². The number of ether oxygens (including phenoxy) is 1. The summed E-state index contributed by atoms with van der Waals surface area (Å²) in [6.07, 6.45) is -2.77. The van der Waals surface area contributed by atoms with Gasteiger partial charge in [-0.15, -0.1) is 13.2 Å². The normalized spacial score (nSPS) is 11.5. The van der Waals surface area contributed by atoms with E-state index in [0.29, 0.717) is 16.6 Å². The minimum Gasteiger partial charge on any atom is -0.406 e. The number of halogens is 3. The van der Waals surface area contributed by atoms with Crippen molar-refractivity contribution in [2.24, 2.45) is 0 Å². The summed E-state index contributed by atoms with van der Waals surface area (Å²) in [7, 11) is 0. The molecule has 3 nitrogen and oxygen atoms in total. The Morgan fingerprint density at radius 3 is 2.59 bits per heavy atom. The lowest BCUT2D eigenvalue weighted by molar-refractivity contribution is -0.274. The largest absolute Gasteiger partial charge is 0.573 e. The lowest BCUT2D eigenvalue weighted by atomic mass is 10.2. The number of aromatic nitrogens is 1. The van der Waals surface area contributed by atoms with E-state index >= 15 is 0 Å². The van der Waals surface area contributed by atoms with Gasteiger partial charge in [-0.3, -0.25) is 4.57 Å². The van der Waals surface area contributed by atoms with Gasteiger partial charge in [0.15, 0.2) is 6.19 Å². The maximum atomic E-state index is 12.0. The predicted molar refractivity (Wildman–Crippen MR) is 54.4 cm³/mol. The van der Waals surface area contributed by atoms with Crippen LogP contribution in [-0.4, -0.2) is 10.9 Å². The van der Waals surface area contributed by atoms with Gasteiger partial charge in [0.2, 0.25) is 0 Å². The van der Waals surface area contributed by atoms with Gasteiger partial charge in [0, 0.05) is 11.1 Å². The fourth-order valence-electron chi connectivity index (χ4n) is 1.66. The average Bonchev–Trinajstić information content (AvgIpc) is 2.50. The Morgan fingerprint density at radius 1 is 1.29 bits per heavy atom. The van der Waals surface area contributed by atoms with E-state index in [0.717, 1.165) is 0 Å². The molecule has 0 N–H and O–H groups in total. The van der Waals surface area contributed by atoms with Crippen molar-refractivity contribution >= 4 is 10.9 Å². The number of benzene rings is 1. The number of nitriles is 1. The maximum absolute atomic E-state index is 12.0. The molecule has 1 aromatic carbocycles. The molecule has 0 aliphatic rings. The van der Waals surface area contributed by atoms with Crippen molar-refractivity contribution < 1.29 is 17.9 Å². The molecule has 2 rings (SSSR count). The zero-order valence-electron chi connectivity index (χ0n) is 8.75. The Morgan fingerprint density at radius 2 is 2.00 bits per heavy atom. The Bertz CT molecular complexity index is 607. The molecule has 6 heteroatoms. The van der Waals surface area contributed by atoms with Gasteiger partial charge in [0.25, 0.3) is 0 Å². The van der Waals surface area contributed by atoms with Gasteiger partial charge >= 0.3 is 6.36 Å². The van der Waals surface area contributed by atoms with Crippen molar-refractivity contribution in [3.8, 4) is 11.9 Å². The summed E-state index contributed by atoms with van der Waals surface area (Å²) in [6, 6.07) is 5.49. The van der Waals surface area contributed by atoms with E-state index in [1.165, 1.54) is 22.8 Å². The molecule has 0 atom stereocenters. The Balaban J connectivity index is 2.50. The summed E-state index contributed by atoms with van der Waals surface area (Å²) in [4.78, 5) is 0. The van der Waals surface area contributed by atoms with Crippen LogP contribution in [0.25, 0.3) is 10.9 Å². The lowest BCUT2D eigenvalue weighted by Gasteiger charge is -2.08. The van der Waals surface area contributed by atoms with Crippen LogP contribution in [0.5, 0.6) is 5.75 Å². The van der Waals surface area contributed by atoms with Crippen molar-refractivity contribution in [1.82, 2.24) is 4.57 Å². The van der Waals surface area contributed by atoms with Gasteiger partial charge in [-0.2, -0.15) is 5.26 Å². The first kappa shape index (κ1) is 11.3. The van der Waals surface area contributed by atoms with Crippen LogP contribution in [0.2, 0.25) is 0 Å². The van der Waals surface area contributed by atoms with Crippen molar-refractivity contribution in [3.05, 3.63) is 30.0 Å². The minimum absolute atomic E-state index is 0.292. The Labute approximate surface area is 94.6 Å². The highest BCUT2D eigenvalue weighted by atomic mass is 19.4. The van der Waals surface area contributed by atoms with Crippen LogP contribution in [0.15, 0.2) is 24.3 Å². The zero-order valence-corrected chi connectivity index (χ0v) is 8.75. The van der Waals surface area contributed by atoms with Gasteiger partial charge in [-0.1, -0.05) is 0 Å². The van der Waals surface area contributed by atoms with E-state index in [1.807, 2.05) is 6.19 Å². The second-order valence-corrected chi connectivity index (χ2v) is 3.49. The average molecular weight is 240 g/mol. The first-order valence-electron chi connectivity index (χ1n) is 4.69. The molecule has 0 radical (unpaired) electrons. The standard InChI is InChI=1S/C11H7F3N2O/c1-7-4-8-5-9(17-11(12,13)14)2-3-10(8)16(7)6-15/h2-5H,1H3. The van der Waals surface area contributed by atoms with Crippen LogP contribution in [0.4, 0.5) is 13.2 Å². The third-order valence-corrected chi connectivity index (χ3v) is 2.29. The topological polar surface area (TPSA) is 38.0 Å². The van der Waals surface area contributed by atoms with Crippen LogP contribution < -0.4 is 4.74 Å². The molecule has 0 fully saturated rings. The van der Waals surface area contributed by atoms with Crippen LogP contribution >= 0.6 is 0 Å². The van der Waals surface area contributed by atoms with E-state index in [2.05, 4.69) is 4.74 Å². The molecule has 0 amide bonds. The van der Waals surface area contributed by atoms with Crippen LogP contribution in [0.1, 0.15) is 5.69 Å². The molecule has 17 heavy (non-hydrogen) atoms. The summed E-state index contributed by atoms with van der Waals surface area (Å²) in [5.74, 6) is -0.292. The van der Waals surface area contributed by atoms with Crippen molar-refractivity contribution in [3.63, 3.8) is 0 Å². The first-order valence-corrected chi connectivity index (χ1v) is 4.69. The third-order valence-electron chi connectivity index (χ3n) is 2.29. The molecule has 0 saturated carbocycles. The molecular formula is C11H7F3N2O. The number of aryl methyl sites for hydroxylation is 1. The third kappa shape index (κ3) is 2.18. The van der Waals surface area contributed by atoms with Gasteiger partial charge < -0.3 is 4.74 Å². The molecule has 88 valence electrons. The van der Waals surface area contributed by atoms with Crippen LogP contribution in [-0.2, 0) is 0 Å². The molecule has 1 aromatic heterocycles. The summed E-state index contributed by atoms with van der Waals surface area (Å²) >= 11 is 0. The zero-order chi connectivity index (χ0) is 12.6. The van der Waals surface area contributed by atoms with E-state index in [9.17, 15) is 13.2 Å². The lowest BCUT2D eigenvalue weighted by Crippen LogP contribution is -2.16. The second kappa shape index (κ2) is 3.70. The first-order chi connectivity index (χ1) is 7.90. The van der Waals surface area contributed by atoms with Crippen LogP contribution in [0.3, 0.4) is 0 Å². The van der Waals surface area contributed by atoms with Crippen LogP contribution in [0, 0.1) is 18.4 Å². The summed E-state index contributed by atoms with van der Waals surface area (Å²) in [5, 5.41) is 9.40. The number of hydrogen-bond donors (Lipinski definition) is 0. The monoisotopic (exact) mass is 240 g/mol.